The first-order valence-corrected chi connectivity index (χ1v) is 15.2. The molecule has 3 rings (SSSR count). The third kappa shape index (κ3) is 11.2. The SMILES string of the molecule is CCCCOC(=O)O[C@H]1OC(c2ccc(OCCC[C@H]3CC[C@H](CCC)CC3)cc2)O[C@@H]1OC(=O)OCCCC. The summed E-state index contributed by atoms with van der Waals surface area (Å²) in [4.78, 5) is 24.2. The van der Waals surface area contributed by atoms with Crippen LogP contribution in [-0.2, 0) is 28.4 Å². The van der Waals surface area contributed by atoms with E-state index in [0.717, 1.165) is 36.8 Å². The van der Waals surface area contributed by atoms with Crippen LogP contribution in [0, 0.1) is 11.8 Å². The molecule has 226 valence electrons. The van der Waals surface area contributed by atoms with Crippen LogP contribution in [0.15, 0.2) is 24.3 Å². The van der Waals surface area contributed by atoms with Crippen molar-refractivity contribution < 1.29 is 42.7 Å². The van der Waals surface area contributed by atoms with E-state index in [1.807, 2.05) is 38.1 Å². The summed E-state index contributed by atoms with van der Waals surface area (Å²) >= 11 is 0. The summed E-state index contributed by atoms with van der Waals surface area (Å²) in [6.45, 7) is 7.37. The molecule has 0 aromatic heterocycles. The molecule has 2 aliphatic rings. The van der Waals surface area contributed by atoms with E-state index in [4.69, 9.17) is 33.2 Å². The molecule has 0 N–H and O–H groups in total. The highest BCUT2D eigenvalue weighted by molar-refractivity contribution is 5.61. The molecular weight excluding hydrogens is 516 g/mol. The summed E-state index contributed by atoms with van der Waals surface area (Å²) in [6, 6.07) is 7.32. The van der Waals surface area contributed by atoms with Crippen molar-refractivity contribution in [3.05, 3.63) is 29.8 Å². The zero-order valence-corrected chi connectivity index (χ0v) is 24.5. The second kappa shape index (κ2) is 18.0. The zero-order valence-electron chi connectivity index (χ0n) is 24.5. The van der Waals surface area contributed by atoms with Gasteiger partial charge in [-0.05, 0) is 49.7 Å². The number of ether oxygens (including phenoxy) is 7. The summed E-state index contributed by atoms with van der Waals surface area (Å²) in [5.41, 5.74) is 0.662. The van der Waals surface area contributed by atoms with E-state index in [1.165, 1.54) is 44.9 Å². The lowest BCUT2D eigenvalue weighted by atomic mass is 9.78. The van der Waals surface area contributed by atoms with Gasteiger partial charge >= 0.3 is 12.3 Å². The highest BCUT2D eigenvalue weighted by atomic mass is 16.9. The predicted octanol–water partition coefficient (Wildman–Crippen LogP) is 8.06. The summed E-state index contributed by atoms with van der Waals surface area (Å²) < 4.78 is 38.1. The smallest absolute Gasteiger partial charge is 0.494 e. The Morgan fingerprint density at radius 3 is 1.73 bits per heavy atom. The van der Waals surface area contributed by atoms with E-state index in [1.54, 1.807) is 0 Å². The molecule has 1 saturated carbocycles. The lowest BCUT2D eigenvalue weighted by Crippen LogP contribution is -2.33. The first kappa shape index (κ1) is 32.0. The van der Waals surface area contributed by atoms with Crippen LogP contribution in [0.2, 0.25) is 0 Å². The third-order valence-electron chi connectivity index (χ3n) is 7.44. The van der Waals surface area contributed by atoms with Gasteiger partial charge in [-0.1, -0.05) is 84.3 Å². The lowest BCUT2D eigenvalue weighted by Gasteiger charge is -2.28. The monoisotopic (exact) mass is 564 g/mol. The van der Waals surface area contributed by atoms with Crippen molar-refractivity contribution >= 4 is 12.3 Å². The van der Waals surface area contributed by atoms with E-state index < -0.39 is 31.2 Å². The molecular formula is C31H48O9. The quantitative estimate of drug-likeness (QED) is 0.146. The molecule has 1 aromatic carbocycles. The van der Waals surface area contributed by atoms with Crippen LogP contribution in [0.1, 0.15) is 110 Å². The maximum Gasteiger partial charge on any atom is 0.510 e. The Bertz CT molecular complexity index is 819. The number of unbranched alkanes of at least 4 members (excludes halogenated alkanes) is 2. The van der Waals surface area contributed by atoms with E-state index >= 15 is 0 Å². The van der Waals surface area contributed by atoms with Gasteiger partial charge in [-0.25, -0.2) is 9.59 Å². The Morgan fingerprint density at radius 2 is 1.23 bits per heavy atom. The average molecular weight is 565 g/mol. The molecule has 0 bridgehead atoms. The van der Waals surface area contributed by atoms with Gasteiger partial charge in [0.1, 0.15) is 5.75 Å². The summed E-state index contributed by atoms with van der Waals surface area (Å²) in [5.74, 6) is 2.52. The Kier molecular flexibility index (Phi) is 14.4. The maximum atomic E-state index is 12.1. The van der Waals surface area contributed by atoms with Crippen molar-refractivity contribution in [2.24, 2.45) is 11.8 Å². The summed E-state index contributed by atoms with van der Waals surface area (Å²) in [7, 11) is 0. The fourth-order valence-electron chi connectivity index (χ4n) is 5.09. The van der Waals surface area contributed by atoms with Gasteiger partial charge in [0, 0.05) is 5.56 Å². The minimum absolute atomic E-state index is 0.221. The Morgan fingerprint density at radius 1 is 0.700 bits per heavy atom. The number of hydrogen-bond donors (Lipinski definition) is 0. The zero-order chi connectivity index (χ0) is 28.6. The Labute approximate surface area is 239 Å². The van der Waals surface area contributed by atoms with Crippen LogP contribution in [-0.4, -0.2) is 44.7 Å². The van der Waals surface area contributed by atoms with Crippen LogP contribution in [0.3, 0.4) is 0 Å². The van der Waals surface area contributed by atoms with Crippen LogP contribution in [0.25, 0.3) is 0 Å². The molecule has 0 unspecified atom stereocenters. The molecule has 40 heavy (non-hydrogen) atoms. The number of benzene rings is 1. The van der Waals surface area contributed by atoms with Gasteiger partial charge in [0.15, 0.2) is 6.29 Å². The van der Waals surface area contributed by atoms with Crippen LogP contribution >= 0.6 is 0 Å². The largest absolute Gasteiger partial charge is 0.510 e. The molecule has 1 heterocycles. The standard InChI is InChI=1S/C31H48O9/c1-4-7-20-35-30(32)39-28-29(40-31(33)36-21-8-5-2)38-27(37-28)25-16-18-26(19-17-25)34-22-9-11-24-14-12-23(10-6-3)13-15-24/h16-19,23-24,27-29H,4-15,20-22H2,1-3H3/t23-,24-,28-,29-/m1/s1. The molecule has 9 heteroatoms. The minimum Gasteiger partial charge on any atom is -0.494 e. The van der Waals surface area contributed by atoms with Crippen molar-refractivity contribution in [1.29, 1.82) is 0 Å². The topological polar surface area (TPSA) is 98.8 Å². The van der Waals surface area contributed by atoms with Crippen LogP contribution in [0.4, 0.5) is 9.59 Å². The third-order valence-corrected chi connectivity index (χ3v) is 7.44. The normalized spacial score (nSPS) is 23.0. The number of carbonyl (C=O) groups is 2. The van der Waals surface area contributed by atoms with Crippen molar-refractivity contribution in [3.8, 4) is 5.75 Å². The fraction of sp³-hybridized carbons (Fsp3) is 0.742. The van der Waals surface area contributed by atoms with Gasteiger partial charge in [0.05, 0.1) is 19.8 Å². The van der Waals surface area contributed by atoms with Crippen molar-refractivity contribution in [3.63, 3.8) is 0 Å². The van der Waals surface area contributed by atoms with Crippen LogP contribution < -0.4 is 4.74 Å². The molecule has 9 nitrogen and oxygen atoms in total. The van der Waals surface area contributed by atoms with Crippen molar-refractivity contribution in [2.75, 3.05) is 19.8 Å². The van der Waals surface area contributed by atoms with Gasteiger partial charge in [0.25, 0.3) is 12.6 Å². The van der Waals surface area contributed by atoms with E-state index in [-0.39, 0.29) is 13.2 Å². The van der Waals surface area contributed by atoms with E-state index in [0.29, 0.717) is 25.0 Å². The predicted molar refractivity (Wildman–Crippen MR) is 149 cm³/mol. The molecule has 2 atom stereocenters. The van der Waals surface area contributed by atoms with Gasteiger partial charge in [-0.3, -0.25) is 0 Å². The molecule has 0 amide bonds. The average Bonchev–Trinajstić information content (AvgIpc) is 3.34. The molecule has 1 aromatic rings. The van der Waals surface area contributed by atoms with E-state index in [2.05, 4.69) is 6.92 Å². The Balaban J connectivity index is 1.46. The molecule has 0 spiro atoms. The van der Waals surface area contributed by atoms with E-state index in [9.17, 15) is 9.59 Å². The maximum absolute atomic E-state index is 12.1. The van der Waals surface area contributed by atoms with Gasteiger partial charge < -0.3 is 33.2 Å². The Hall–Kier alpha value is -2.52. The highest BCUT2D eigenvalue weighted by Crippen LogP contribution is 2.35. The van der Waals surface area contributed by atoms with Crippen LogP contribution in [0.5, 0.6) is 5.75 Å². The number of hydrogen-bond acceptors (Lipinski definition) is 9. The number of carbonyl (C=O) groups excluding carboxylic acids is 2. The highest BCUT2D eigenvalue weighted by Gasteiger charge is 2.43. The first-order valence-electron chi connectivity index (χ1n) is 15.2. The lowest BCUT2D eigenvalue weighted by molar-refractivity contribution is -0.159. The summed E-state index contributed by atoms with van der Waals surface area (Å²) in [5, 5.41) is 0. The molecule has 1 aliphatic carbocycles. The second-order valence-corrected chi connectivity index (χ2v) is 10.7. The first-order chi connectivity index (χ1) is 19.5. The van der Waals surface area contributed by atoms with Gasteiger partial charge in [-0.2, -0.15) is 0 Å². The van der Waals surface area contributed by atoms with Gasteiger partial charge in [0.2, 0.25) is 0 Å². The molecule has 1 aliphatic heterocycles. The van der Waals surface area contributed by atoms with Crippen molar-refractivity contribution in [2.45, 2.75) is 117 Å². The number of rotatable bonds is 16. The molecule has 1 saturated heterocycles. The second-order valence-electron chi connectivity index (χ2n) is 10.7. The minimum atomic E-state index is -1.30. The summed E-state index contributed by atoms with van der Waals surface area (Å²) in [6.07, 6.45) is 8.17. The molecule has 2 fully saturated rings. The van der Waals surface area contributed by atoms with Gasteiger partial charge in [-0.15, -0.1) is 0 Å². The molecule has 0 radical (unpaired) electrons. The fourth-order valence-corrected chi connectivity index (χ4v) is 5.09. The van der Waals surface area contributed by atoms with Crippen molar-refractivity contribution in [1.82, 2.24) is 0 Å².